The van der Waals surface area contributed by atoms with Crippen LogP contribution in [0.5, 0.6) is 0 Å². The normalized spacial score (nSPS) is 25.2. The van der Waals surface area contributed by atoms with Gasteiger partial charge in [0.15, 0.2) is 0 Å². The van der Waals surface area contributed by atoms with E-state index in [1.807, 2.05) is 25.1 Å². The van der Waals surface area contributed by atoms with Gasteiger partial charge < -0.3 is 15.0 Å². The lowest BCUT2D eigenvalue weighted by atomic mass is 9.82. The summed E-state index contributed by atoms with van der Waals surface area (Å²) in [4.78, 5) is 26.2. The lowest BCUT2D eigenvalue weighted by molar-refractivity contribution is -0.137. The highest BCUT2D eigenvalue weighted by molar-refractivity contribution is 5.86. The van der Waals surface area contributed by atoms with Gasteiger partial charge in [-0.05, 0) is 39.7 Å². The van der Waals surface area contributed by atoms with E-state index in [9.17, 15) is 9.59 Å². The Balaban J connectivity index is 2.14. The minimum Gasteiger partial charge on any atom is -0.444 e. The maximum Gasteiger partial charge on any atom is 0.408 e. The summed E-state index contributed by atoms with van der Waals surface area (Å²) in [6.45, 7) is 7.45. The van der Waals surface area contributed by atoms with Crippen LogP contribution in [0.1, 0.15) is 45.6 Å². The molecule has 1 aliphatic heterocycles. The molecule has 0 radical (unpaired) electrons. The summed E-state index contributed by atoms with van der Waals surface area (Å²) < 4.78 is 5.27. The quantitative estimate of drug-likeness (QED) is 0.912. The van der Waals surface area contributed by atoms with Crippen LogP contribution in [0, 0.1) is 0 Å². The van der Waals surface area contributed by atoms with Crippen LogP contribution in [0.2, 0.25) is 0 Å². The van der Waals surface area contributed by atoms with Gasteiger partial charge in [0, 0.05) is 19.0 Å². The van der Waals surface area contributed by atoms with Crippen molar-refractivity contribution in [2.75, 3.05) is 7.05 Å². The first kappa shape index (κ1) is 17.3. The van der Waals surface area contributed by atoms with Crippen LogP contribution in [-0.4, -0.2) is 41.6 Å². The van der Waals surface area contributed by atoms with E-state index in [4.69, 9.17) is 4.74 Å². The van der Waals surface area contributed by atoms with Gasteiger partial charge >= 0.3 is 6.09 Å². The summed E-state index contributed by atoms with van der Waals surface area (Å²) in [7, 11) is 1.78. The number of hydrogen-bond donors (Lipinski definition) is 1. The van der Waals surface area contributed by atoms with Crippen molar-refractivity contribution in [2.24, 2.45) is 0 Å². The fourth-order valence-electron chi connectivity index (χ4n) is 2.95. The minimum atomic E-state index is -0.584. The Kier molecular flexibility index (Phi) is 4.97. The Labute approximate surface area is 138 Å². The molecule has 1 N–H and O–H groups in total. The molecule has 1 aromatic carbocycles. The Morgan fingerprint density at radius 3 is 2.43 bits per heavy atom. The van der Waals surface area contributed by atoms with Gasteiger partial charge in [0.1, 0.15) is 11.6 Å². The van der Waals surface area contributed by atoms with Gasteiger partial charge in [0.25, 0.3) is 0 Å². The topological polar surface area (TPSA) is 58.6 Å². The van der Waals surface area contributed by atoms with Crippen molar-refractivity contribution >= 4 is 12.0 Å². The van der Waals surface area contributed by atoms with E-state index < -0.39 is 17.7 Å². The van der Waals surface area contributed by atoms with Crippen LogP contribution in [0.3, 0.4) is 0 Å². The van der Waals surface area contributed by atoms with Gasteiger partial charge in [-0.2, -0.15) is 0 Å². The predicted octanol–water partition coefficient (Wildman–Crippen LogP) is 2.91. The van der Waals surface area contributed by atoms with Crippen molar-refractivity contribution in [1.82, 2.24) is 10.2 Å². The van der Waals surface area contributed by atoms with Gasteiger partial charge in [0.05, 0.1) is 0 Å². The number of likely N-dealkylation sites (tertiary alicyclic amines) is 1. The molecule has 126 valence electrons. The molecular weight excluding hydrogens is 292 g/mol. The van der Waals surface area contributed by atoms with Crippen LogP contribution in [-0.2, 0) is 9.53 Å². The van der Waals surface area contributed by atoms with E-state index >= 15 is 0 Å². The molecule has 1 fully saturated rings. The third kappa shape index (κ3) is 4.24. The third-order valence-electron chi connectivity index (χ3n) is 4.25. The summed E-state index contributed by atoms with van der Waals surface area (Å²) >= 11 is 0. The van der Waals surface area contributed by atoms with Gasteiger partial charge in [0.2, 0.25) is 5.91 Å². The fourth-order valence-corrected chi connectivity index (χ4v) is 2.95. The fraction of sp³-hybridized carbons (Fsp3) is 0.556. The summed E-state index contributed by atoms with van der Waals surface area (Å²) in [5.74, 6) is 0.106. The number of benzene rings is 1. The van der Waals surface area contributed by atoms with Crippen molar-refractivity contribution in [3.63, 3.8) is 0 Å². The molecule has 5 nitrogen and oxygen atoms in total. The molecule has 0 spiro atoms. The molecular formula is C18H26N2O3. The molecule has 0 aliphatic carbocycles. The highest BCUT2D eigenvalue weighted by Crippen LogP contribution is 2.32. The average Bonchev–Trinajstić information content (AvgIpc) is 2.47. The number of hydrogen-bond acceptors (Lipinski definition) is 3. The van der Waals surface area contributed by atoms with E-state index in [-0.39, 0.29) is 17.9 Å². The Morgan fingerprint density at radius 1 is 1.26 bits per heavy atom. The standard InChI is InChI=1S/C18H26N2O3/c1-12-14(13-9-7-6-8-10-13)11-15(16(21)20(12)5)19-17(22)23-18(2,3)4/h6-10,12,14-15H,11H2,1-5H3,(H,19,22). The number of carbonyl (C=O) groups excluding carboxylic acids is 2. The van der Waals surface area contributed by atoms with E-state index in [0.29, 0.717) is 6.42 Å². The van der Waals surface area contributed by atoms with E-state index in [2.05, 4.69) is 17.4 Å². The molecule has 0 saturated carbocycles. The summed E-state index contributed by atoms with van der Waals surface area (Å²) in [6, 6.07) is 9.62. The second-order valence-electron chi connectivity index (χ2n) is 7.14. The Bertz CT molecular complexity index is 565. The number of piperidine rings is 1. The maximum atomic E-state index is 12.5. The number of amides is 2. The number of alkyl carbamates (subject to hydrolysis) is 1. The largest absolute Gasteiger partial charge is 0.444 e. The van der Waals surface area contributed by atoms with E-state index in [1.54, 1.807) is 32.7 Å². The van der Waals surface area contributed by atoms with Crippen molar-refractivity contribution in [2.45, 2.75) is 57.7 Å². The Morgan fingerprint density at radius 2 is 1.87 bits per heavy atom. The molecule has 1 heterocycles. The van der Waals surface area contributed by atoms with Crippen molar-refractivity contribution in [1.29, 1.82) is 0 Å². The first-order valence-electron chi connectivity index (χ1n) is 8.00. The van der Waals surface area contributed by atoms with Crippen LogP contribution in [0.4, 0.5) is 4.79 Å². The number of ether oxygens (including phenoxy) is 1. The van der Waals surface area contributed by atoms with Gasteiger partial charge in [-0.15, -0.1) is 0 Å². The third-order valence-corrected chi connectivity index (χ3v) is 4.25. The van der Waals surface area contributed by atoms with Gasteiger partial charge in [-0.1, -0.05) is 30.3 Å². The zero-order valence-corrected chi connectivity index (χ0v) is 14.5. The second kappa shape index (κ2) is 6.60. The first-order valence-corrected chi connectivity index (χ1v) is 8.00. The average molecular weight is 318 g/mol. The van der Waals surface area contributed by atoms with Crippen LogP contribution < -0.4 is 5.32 Å². The van der Waals surface area contributed by atoms with Crippen molar-refractivity contribution in [3.8, 4) is 0 Å². The first-order chi connectivity index (χ1) is 10.7. The highest BCUT2D eigenvalue weighted by Gasteiger charge is 2.39. The zero-order chi connectivity index (χ0) is 17.2. The zero-order valence-electron chi connectivity index (χ0n) is 14.5. The lowest BCUT2D eigenvalue weighted by Gasteiger charge is -2.41. The molecule has 5 heteroatoms. The van der Waals surface area contributed by atoms with Crippen LogP contribution in [0.15, 0.2) is 30.3 Å². The molecule has 1 saturated heterocycles. The smallest absolute Gasteiger partial charge is 0.408 e. The number of likely N-dealkylation sites (N-methyl/N-ethyl adjacent to an activating group) is 1. The second-order valence-corrected chi connectivity index (χ2v) is 7.14. The minimum absolute atomic E-state index is 0.0736. The predicted molar refractivity (Wildman–Crippen MR) is 89.2 cm³/mol. The summed E-state index contributed by atoms with van der Waals surface area (Å²) in [6.07, 6.45) is 0.0266. The van der Waals surface area contributed by atoms with E-state index in [0.717, 1.165) is 0 Å². The molecule has 3 atom stereocenters. The monoisotopic (exact) mass is 318 g/mol. The van der Waals surface area contributed by atoms with Gasteiger partial charge in [-0.25, -0.2) is 4.79 Å². The highest BCUT2D eigenvalue weighted by atomic mass is 16.6. The van der Waals surface area contributed by atoms with Gasteiger partial charge in [-0.3, -0.25) is 4.79 Å². The molecule has 2 rings (SSSR count). The molecule has 1 aliphatic rings. The molecule has 23 heavy (non-hydrogen) atoms. The molecule has 0 bridgehead atoms. The SMILES string of the molecule is CC1C(c2ccccc2)CC(NC(=O)OC(C)(C)C)C(=O)N1C. The maximum absolute atomic E-state index is 12.5. The number of carbonyl (C=O) groups is 2. The summed E-state index contributed by atoms with van der Waals surface area (Å²) in [5.41, 5.74) is 0.593. The van der Waals surface area contributed by atoms with Crippen molar-refractivity contribution in [3.05, 3.63) is 35.9 Å². The molecule has 3 unspecified atom stereocenters. The lowest BCUT2D eigenvalue weighted by Crippen LogP contribution is -2.57. The number of nitrogens with zero attached hydrogens (tertiary/aromatic N) is 1. The summed E-state index contributed by atoms with van der Waals surface area (Å²) in [5, 5.41) is 2.72. The molecule has 2 amide bonds. The van der Waals surface area contributed by atoms with Crippen LogP contribution in [0.25, 0.3) is 0 Å². The van der Waals surface area contributed by atoms with Crippen molar-refractivity contribution < 1.29 is 14.3 Å². The van der Waals surface area contributed by atoms with Crippen LogP contribution >= 0.6 is 0 Å². The van der Waals surface area contributed by atoms with E-state index in [1.165, 1.54) is 5.56 Å². The molecule has 1 aromatic rings. The number of rotatable bonds is 2. The number of nitrogens with one attached hydrogen (secondary N) is 1. The Hall–Kier alpha value is -2.04. The molecule has 0 aromatic heterocycles.